The van der Waals surface area contributed by atoms with Crippen LogP contribution in [0.4, 0.5) is 0 Å². The number of nitrogens with zero attached hydrogens (tertiary/aromatic N) is 1. The molecule has 58 valence electrons. The van der Waals surface area contributed by atoms with Crippen LogP contribution in [-0.2, 0) is 4.79 Å². The van der Waals surface area contributed by atoms with Gasteiger partial charge < -0.3 is 4.90 Å². The van der Waals surface area contributed by atoms with Crippen LogP contribution in [0.5, 0.6) is 0 Å². The lowest BCUT2D eigenvalue weighted by Gasteiger charge is -2.13. The van der Waals surface area contributed by atoms with Gasteiger partial charge in [-0.1, -0.05) is 0 Å². The van der Waals surface area contributed by atoms with Gasteiger partial charge in [-0.05, 0) is 19.0 Å². The molecular formula is C7H14NOP. The van der Waals surface area contributed by atoms with Crippen molar-refractivity contribution in [3.63, 3.8) is 0 Å². The first-order valence-electron chi connectivity index (χ1n) is 3.82. The Morgan fingerprint density at radius 3 is 2.50 bits per heavy atom. The molecule has 3 heteroatoms. The van der Waals surface area contributed by atoms with Crippen LogP contribution in [0, 0.1) is 0 Å². The van der Waals surface area contributed by atoms with E-state index in [0.717, 1.165) is 19.3 Å². The molecule has 1 rings (SSSR count). The first-order valence-corrected chi connectivity index (χ1v) is 4.64. The zero-order valence-corrected chi connectivity index (χ0v) is 7.33. The Morgan fingerprint density at radius 1 is 1.40 bits per heavy atom. The minimum Gasteiger partial charge on any atom is -0.343 e. The molecule has 0 radical (unpaired) electrons. The zero-order chi connectivity index (χ0) is 7.40. The van der Waals surface area contributed by atoms with Gasteiger partial charge in [0.2, 0.25) is 5.91 Å². The molecule has 2 nitrogen and oxygen atoms in total. The van der Waals surface area contributed by atoms with Gasteiger partial charge in [-0.15, -0.1) is 9.24 Å². The highest BCUT2D eigenvalue weighted by molar-refractivity contribution is 7.16. The molecule has 0 bridgehead atoms. The standard InChI is InChI=1S/C7H14NOP/c9-7(3-6-10)8-4-1-2-5-8/h1-6,10H2. The lowest BCUT2D eigenvalue weighted by Crippen LogP contribution is -2.27. The van der Waals surface area contributed by atoms with E-state index in [1.807, 2.05) is 4.90 Å². The molecule has 1 atom stereocenters. The number of rotatable bonds is 2. The third-order valence-electron chi connectivity index (χ3n) is 1.82. The van der Waals surface area contributed by atoms with Crippen LogP contribution in [-0.4, -0.2) is 30.1 Å². The summed E-state index contributed by atoms with van der Waals surface area (Å²) in [5.41, 5.74) is 0. The highest BCUT2D eigenvalue weighted by atomic mass is 31.0. The lowest BCUT2D eigenvalue weighted by molar-refractivity contribution is -0.129. The van der Waals surface area contributed by atoms with Gasteiger partial charge in [-0.3, -0.25) is 4.79 Å². The predicted octanol–water partition coefficient (Wildman–Crippen LogP) is 0.874. The number of hydrogen-bond donors (Lipinski definition) is 0. The monoisotopic (exact) mass is 159 g/mol. The second kappa shape index (κ2) is 3.92. The molecule has 1 amide bonds. The summed E-state index contributed by atoms with van der Waals surface area (Å²) < 4.78 is 0. The molecule has 10 heavy (non-hydrogen) atoms. The second-order valence-corrected chi connectivity index (χ2v) is 3.20. The van der Waals surface area contributed by atoms with Crippen molar-refractivity contribution in [1.29, 1.82) is 0 Å². The van der Waals surface area contributed by atoms with Gasteiger partial charge in [0.1, 0.15) is 0 Å². The molecule has 0 aromatic heterocycles. The van der Waals surface area contributed by atoms with Crippen LogP contribution >= 0.6 is 9.24 Å². The summed E-state index contributed by atoms with van der Waals surface area (Å²) >= 11 is 0. The van der Waals surface area contributed by atoms with Crippen molar-refractivity contribution in [3.05, 3.63) is 0 Å². The molecule has 1 aliphatic heterocycles. The number of amides is 1. The molecule has 0 aromatic carbocycles. The van der Waals surface area contributed by atoms with Crippen LogP contribution in [0.3, 0.4) is 0 Å². The van der Waals surface area contributed by atoms with E-state index in [2.05, 4.69) is 9.24 Å². The fourth-order valence-electron chi connectivity index (χ4n) is 1.25. The zero-order valence-electron chi connectivity index (χ0n) is 6.18. The number of likely N-dealkylation sites (tertiary alicyclic amines) is 1. The highest BCUT2D eigenvalue weighted by Crippen LogP contribution is 2.08. The molecule has 0 spiro atoms. The molecule has 0 aliphatic carbocycles. The predicted molar refractivity (Wildman–Crippen MR) is 45.0 cm³/mol. The minimum atomic E-state index is 0.326. The van der Waals surface area contributed by atoms with E-state index in [-0.39, 0.29) is 0 Å². The fourth-order valence-corrected chi connectivity index (χ4v) is 1.50. The van der Waals surface area contributed by atoms with E-state index in [9.17, 15) is 4.79 Å². The molecule has 1 unspecified atom stereocenters. The molecule has 1 fully saturated rings. The summed E-state index contributed by atoms with van der Waals surface area (Å²) in [6.45, 7) is 1.98. The topological polar surface area (TPSA) is 20.3 Å². The quantitative estimate of drug-likeness (QED) is 0.547. The lowest BCUT2D eigenvalue weighted by atomic mass is 10.4. The third-order valence-corrected chi connectivity index (χ3v) is 2.11. The summed E-state index contributed by atoms with van der Waals surface area (Å²) in [6, 6.07) is 0. The molecule has 0 saturated carbocycles. The Balaban J connectivity index is 2.25. The minimum absolute atomic E-state index is 0.326. The Morgan fingerprint density at radius 2 is 2.00 bits per heavy atom. The molecule has 0 N–H and O–H groups in total. The number of carbonyl (C=O) groups excluding carboxylic acids is 1. The van der Waals surface area contributed by atoms with E-state index in [4.69, 9.17) is 0 Å². The SMILES string of the molecule is O=C(CCP)N1CCCC1. The van der Waals surface area contributed by atoms with Crippen molar-refractivity contribution >= 4 is 15.1 Å². The van der Waals surface area contributed by atoms with E-state index in [0.29, 0.717) is 12.3 Å². The van der Waals surface area contributed by atoms with Gasteiger partial charge in [-0.25, -0.2) is 0 Å². The van der Waals surface area contributed by atoms with Crippen molar-refractivity contribution in [2.45, 2.75) is 19.3 Å². The average molecular weight is 159 g/mol. The van der Waals surface area contributed by atoms with Crippen LogP contribution in [0.15, 0.2) is 0 Å². The first-order chi connectivity index (χ1) is 4.84. The van der Waals surface area contributed by atoms with Crippen molar-refractivity contribution in [3.8, 4) is 0 Å². The highest BCUT2D eigenvalue weighted by Gasteiger charge is 2.15. The number of carbonyl (C=O) groups is 1. The number of hydrogen-bond acceptors (Lipinski definition) is 1. The van der Waals surface area contributed by atoms with Crippen LogP contribution in [0.1, 0.15) is 19.3 Å². The molecule has 0 aromatic rings. The molecule has 1 heterocycles. The van der Waals surface area contributed by atoms with E-state index >= 15 is 0 Å². The van der Waals surface area contributed by atoms with Crippen molar-refractivity contribution in [2.75, 3.05) is 19.3 Å². The maximum absolute atomic E-state index is 11.2. The Labute approximate surface area is 64.2 Å². The average Bonchev–Trinajstić information content (AvgIpc) is 2.38. The van der Waals surface area contributed by atoms with E-state index in [1.54, 1.807) is 0 Å². The summed E-state index contributed by atoms with van der Waals surface area (Å²) in [6.07, 6.45) is 3.99. The molecule has 1 aliphatic rings. The Kier molecular flexibility index (Phi) is 3.14. The van der Waals surface area contributed by atoms with Crippen molar-refractivity contribution < 1.29 is 4.79 Å². The summed E-state index contributed by atoms with van der Waals surface area (Å²) in [5.74, 6) is 0.326. The van der Waals surface area contributed by atoms with Gasteiger partial charge in [-0.2, -0.15) is 0 Å². The third kappa shape index (κ3) is 1.95. The maximum Gasteiger partial charge on any atom is 0.222 e. The van der Waals surface area contributed by atoms with Crippen molar-refractivity contribution in [1.82, 2.24) is 4.90 Å². The largest absolute Gasteiger partial charge is 0.343 e. The summed E-state index contributed by atoms with van der Waals surface area (Å²) in [4.78, 5) is 13.1. The summed E-state index contributed by atoms with van der Waals surface area (Å²) in [7, 11) is 2.58. The smallest absolute Gasteiger partial charge is 0.222 e. The molecule has 1 saturated heterocycles. The van der Waals surface area contributed by atoms with Gasteiger partial charge in [0, 0.05) is 19.5 Å². The normalized spacial score (nSPS) is 17.9. The second-order valence-electron chi connectivity index (χ2n) is 2.63. The fraction of sp³-hybridized carbons (Fsp3) is 0.857. The maximum atomic E-state index is 11.2. The van der Waals surface area contributed by atoms with E-state index < -0.39 is 0 Å². The van der Waals surface area contributed by atoms with E-state index in [1.165, 1.54) is 12.8 Å². The van der Waals surface area contributed by atoms with Gasteiger partial charge in [0.05, 0.1) is 0 Å². The van der Waals surface area contributed by atoms with Crippen LogP contribution in [0.2, 0.25) is 0 Å². The van der Waals surface area contributed by atoms with Gasteiger partial charge >= 0.3 is 0 Å². The Bertz CT molecular complexity index is 121. The Hall–Kier alpha value is -0.100. The van der Waals surface area contributed by atoms with Crippen LogP contribution in [0.25, 0.3) is 0 Å². The van der Waals surface area contributed by atoms with Crippen LogP contribution < -0.4 is 0 Å². The van der Waals surface area contributed by atoms with Gasteiger partial charge in [0.15, 0.2) is 0 Å². The van der Waals surface area contributed by atoms with Gasteiger partial charge in [0.25, 0.3) is 0 Å². The first kappa shape index (κ1) is 8.00. The molecular weight excluding hydrogens is 145 g/mol. The summed E-state index contributed by atoms with van der Waals surface area (Å²) in [5, 5.41) is 0. The van der Waals surface area contributed by atoms with Crippen molar-refractivity contribution in [2.24, 2.45) is 0 Å².